The third kappa shape index (κ3) is 1.98. The highest BCUT2D eigenvalue weighted by Gasteiger charge is 2.43. The van der Waals surface area contributed by atoms with Gasteiger partial charge in [-0.15, -0.1) is 0 Å². The SMILES string of the molecule is CC(C)C(=O)N1CCN(C)C(=O)C1(C)C. The molecule has 86 valence electrons. The predicted molar refractivity (Wildman–Crippen MR) is 58.3 cm³/mol. The van der Waals surface area contributed by atoms with Crippen LogP contribution >= 0.6 is 0 Å². The molecule has 1 saturated heterocycles. The molecular formula is C11H20N2O2. The summed E-state index contributed by atoms with van der Waals surface area (Å²) in [7, 11) is 1.78. The average Bonchev–Trinajstić information content (AvgIpc) is 2.13. The van der Waals surface area contributed by atoms with Crippen LogP contribution in [0.5, 0.6) is 0 Å². The number of hydrogen-bond donors (Lipinski definition) is 0. The van der Waals surface area contributed by atoms with Gasteiger partial charge < -0.3 is 9.80 Å². The van der Waals surface area contributed by atoms with E-state index in [-0.39, 0.29) is 17.7 Å². The molecule has 2 amide bonds. The summed E-state index contributed by atoms with van der Waals surface area (Å²) in [6.45, 7) is 8.60. The largest absolute Gasteiger partial charge is 0.342 e. The number of carbonyl (C=O) groups is 2. The first-order chi connectivity index (χ1) is 6.78. The van der Waals surface area contributed by atoms with Crippen molar-refractivity contribution in [3.05, 3.63) is 0 Å². The first-order valence-corrected chi connectivity index (χ1v) is 5.35. The zero-order chi connectivity index (χ0) is 11.8. The lowest BCUT2D eigenvalue weighted by Gasteiger charge is -2.45. The second-order valence-electron chi connectivity index (χ2n) is 4.93. The van der Waals surface area contributed by atoms with E-state index in [1.807, 2.05) is 27.7 Å². The minimum atomic E-state index is -0.700. The number of amides is 2. The normalized spacial score (nSPS) is 21.1. The van der Waals surface area contributed by atoms with Gasteiger partial charge in [-0.05, 0) is 13.8 Å². The number of carbonyl (C=O) groups excluding carboxylic acids is 2. The van der Waals surface area contributed by atoms with Gasteiger partial charge in [0, 0.05) is 26.1 Å². The highest BCUT2D eigenvalue weighted by molar-refractivity contribution is 5.92. The van der Waals surface area contributed by atoms with Crippen molar-refractivity contribution in [3.8, 4) is 0 Å². The summed E-state index contributed by atoms with van der Waals surface area (Å²) < 4.78 is 0. The molecule has 0 bridgehead atoms. The van der Waals surface area contributed by atoms with Gasteiger partial charge in [0.25, 0.3) is 0 Å². The van der Waals surface area contributed by atoms with Gasteiger partial charge in [-0.3, -0.25) is 9.59 Å². The third-order valence-electron chi connectivity index (χ3n) is 2.96. The number of piperazine rings is 1. The predicted octanol–water partition coefficient (Wildman–Crippen LogP) is 0.722. The van der Waals surface area contributed by atoms with Crippen molar-refractivity contribution >= 4 is 11.8 Å². The van der Waals surface area contributed by atoms with E-state index in [0.29, 0.717) is 13.1 Å². The summed E-state index contributed by atoms with van der Waals surface area (Å²) in [5, 5.41) is 0. The van der Waals surface area contributed by atoms with Gasteiger partial charge in [0.2, 0.25) is 11.8 Å². The zero-order valence-electron chi connectivity index (χ0n) is 10.2. The van der Waals surface area contributed by atoms with Crippen LogP contribution in [0.15, 0.2) is 0 Å². The molecule has 0 aromatic carbocycles. The average molecular weight is 212 g/mol. The molecule has 0 aliphatic carbocycles. The van der Waals surface area contributed by atoms with Crippen molar-refractivity contribution in [2.45, 2.75) is 33.2 Å². The van der Waals surface area contributed by atoms with Gasteiger partial charge in [-0.2, -0.15) is 0 Å². The molecule has 4 nitrogen and oxygen atoms in total. The van der Waals surface area contributed by atoms with Crippen molar-refractivity contribution in [2.24, 2.45) is 5.92 Å². The Hall–Kier alpha value is -1.06. The summed E-state index contributed by atoms with van der Waals surface area (Å²) in [6, 6.07) is 0. The van der Waals surface area contributed by atoms with Gasteiger partial charge in [-0.1, -0.05) is 13.8 Å². The van der Waals surface area contributed by atoms with Crippen LogP contribution in [0.2, 0.25) is 0 Å². The lowest BCUT2D eigenvalue weighted by molar-refractivity contribution is -0.158. The Balaban J connectivity index is 2.92. The molecule has 15 heavy (non-hydrogen) atoms. The van der Waals surface area contributed by atoms with Crippen LogP contribution in [-0.2, 0) is 9.59 Å². The number of hydrogen-bond acceptors (Lipinski definition) is 2. The standard InChI is InChI=1S/C11H20N2O2/c1-8(2)9(14)13-7-6-12(5)10(15)11(13,3)4/h8H,6-7H2,1-5H3. The molecule has 0 unspecified atom stereocenters. The smallest absolute Gasteiger partial charge is 0.247 e. The molecule has 0 spiro atoms. The molecule has 0 N–H and O–H groups in total. The first-order valence-electron chi connectivity index (χ1n) is 5.35. The molecule has 1 heterocycles. The Morgan fingerprint density at radius 3 is 2.33 bits per heavy atom. The molecule has 4 heteroatoms. The number of likely N-dealkylation sites (N-methyl/N-ethyl adjacent to an activating group) is 1. The summed E-state index contributed by atoms with van der Waals surface area (Å²) in [6.07, 6.45) is 0. The fourth-order valence-electron chi connectivity index (χ4n) is 1.91. The molecule has 0 aromatic heterocycles. The highest BCUT2D eigenvalue weighted by atomic mass is 16.2. The van der Waals surface area contributed by atoms with E-state index in [9.17, 15) is 9.59 Å². The minimum absolute atomic E-state index is 0.0164. The lowest BCUT2D eigenvalue weighted by atomic mass is 9.96. The Morgan fingerprint density at radius 1 is 1.33 bits per heavy atom. The van der Waals surface area contributed by atoms with Gasteiger partial charge in [0.05, 0.1) is 0 Å². The maximum absolute atomic E-state index is 11.9. The Kier molecular flexibility index (Phi) is 3.07. The van der Waals surface area contributed by atoms with Crippen LogP contribution in [0, 0.1) is 5.92 Å². The van der Waals surface area contributed by atoms with Crippen LogP contribution in [0.25, 0.3) is 0 Å². The van der Waals surface area contributed by atoms with Crippen molar-refractivity contribution in [1.29, 1.82) is 0 Å². The van der Waals surface area contributed by atoms with Crippen molar-refractivity contribution < 1.29 is 9.59 Å². The first kappa shape index (κ1) is 12.0. The summed E-state index contributed by atoms with van der Waals surface area (Å²) in [5.74, 6) is 0.0182. The number of rotatable bonds is 1. The van der Waals surface area contributed by atoms with Crippen molar-refractivity contribution in [1.82, 2.24) is 9.80 Å². The topological polar surface area (TPSA) is 40.6 Å². The summed E-state index contributed by atoms with van der Waals surface area (Å²) in [5.41, 5.74) is -0.700. The van der Waals surface area contributed by atoms with E-state index in [2.05, 4.69) is 0 Å². The monoisotopic (exact) mass is 212 g/mol. The van der Waals surface area contributed by atoms with Gasteiger partial charge in [-0.25, -0.2) is 0 Å². The maximum atomic E-state index is 11.9. The quantitative estimate of drug-likeness (QED) is 0.642. The Labute approximate surface area is 91.2 Å². The Morgan fingerprint density at radius 2 is 1.87 bits per heavy atom. The van der Waals surface area contributed by atoms with Gasteiger partial charge in [0.15, 0.2) is 0 Å². The van der Waals surface area contributed by atoms with Crippen LogP contribution < -0.4 is 0 Å². The van der Waals surface area contributed by atoms with E-state index >= 15 is 0 Å². The zero-order valence-corrected chi connectivity index (χ0v) is 10.2. The van der Waals surface area contributed by atoms with E-state index in [0.717, 1.165) is 0 Å². The summed E-state index contributed by atoms with van der Waals surface area (Å²) >= 11 is 0. The lowest BCUT2D eigenvalue weighted by Crippen LogP contribution is -2.64. The number of nitrogens with zero attached hydrogens (tertiary/aromatic N) is 2. The van der Waals surface area contributed by atoms with Crippen LogP contribution in [0.4, 0.5) is 0 Å². The third-order valence-corrected chi connectivity index (χ3v) is 2.96. The molecule has 1 fully saturated rings. The molecule has 1 aliphatic heterocycles. The molecule has 0 aromatic rings. The van der Waals surface area contributed by atoms with Crippen molar-refractivity contribution in [3.63, 3.8) is 0 Å². The van der Waals surface area contributed by atoms with Crippen LogP contribution in [0.1, 0.15) is 27.7 Å². The van der Waals surface area contributed by atoms with E-state index in [4.69, 9.17) is 0 Å². The summed E-state index contributed by atoms with van der Waals surface area (Å²) in [4.78, 5) is 27.2. The molecule has 0 saturated carbocycles. The molecule has 1 aliphatic rings. The van der Waals surface area contributed by atoms with E-state index < -0.39 is 5.54 Å². The molecule has 0 atom stereocenters. The maximum Gasteiger partial charge on any atom is 0.247 e. The van der Waals surface area contributed by atoms with Crippen LogP contribution in [-0.4, -0.2) is 47.3 Å². The van der Waals surface area contributed by atoms with Gasteiger partial charge in [0.1, 0.15) is 5.54 Å². The highest BCUT2D eigenvalue weighted by Crippen LogP contribution is 2.23. The van der Waals surface area contributed by atoms with Crippen LogP contribution in [0.3, 0.4) is 0 Å². The molecule has 1 rings (SSSR count). The fraction of sp³-hybridized carbons (Fsp3) is 0.818. The molecular weight excluding hydrogens is 192 g/mol. The Bertz CT molecular complexity index is 284. The van der Waals surface area contributed by atoms with Crippen molar-refractivity contribution in [2.75, 3.05) is 20.1 Å². The molecule has 0 radical (unpaired) electrons. The minimum Gasteiger partial charge on any atom is -0.342 e. The fourth-order valence-corrected chi connectivity index (χ4v) is 1.91. The van der Waals surface area contributed by atoms with E-state index in [1.165, 1.54) is 0 Å². The van der Waals surface area contributed by atoms with E-state index in [1.54, 1.807) is 16.8 Å². The second kappa shape index (κ2) is 3.83. The van der Waals surface area contributed by atoms with Gasteiger partial charge >= 0.3 is 0 Å². The second-order valence-corrected chi connectivity index (χ2v) is 4.93.